The molecule has 2 fully saturated rings. The highest BCUT2D eigenvalue weighted by Gasteiger charge is 2.38. The molecule has 0 aliphatic carbocycles. The molecule has 0 spiro atoms. The maximum absolute atomic E-state index is 12.5. The zero-order chi connectivity index (χ0) is 15.5. The molecule has 2 amide bonds. The molecule has 0 bridgehead atoms. The number of nitrogens with zero attached hydrogens (tertiary/aromatic N) is 1. The third-order valence-electron chi connectivity index (χ3n) is 4.30. The van der Waals surface area contributed by atoms with Gasteiger partial charge in [0, 0.05) is 29.8 Å². The lowest BCUT2D eigenvalue weighted by Crippen LogP contribution is -2.48. The van der Waals surface area contributed by atoms with Crippen molar-refractivity contribution in [3.8, 4) is 0 Å². The maximum atomic E-state index is 12.5. The van der Waals surface area contributed by atoms with Gasteiger partial charge in [0.1, 0.15) is 5.92 Å². The molecule has 2 N–H and O–H groups in total. The molecule has 1 aromatic carbocycles. The lowest BCUT2D eigenvalue weighted by Gasteiger charge is -2.25. The van der Waals surface area contributed by atoms with Crippen molar-refractivity contribution in [1.82, 2.24) is 10.6 Å². The lowest BCUT2D eigenvalue weighted by atomic mass is 10.0. The largest absolute Gasteiger partial charge is 0.351 e. The van der Waals surface area contributed by atoms with Crippen LogP contribution in [0.5, 0.6) is 0 Å². The van der Waals surface area contributed by atoms with Crippen LogP contribution in [0.15, 0.2) is 24.3 Å². The number of hydrogen-bond acceptors (Lipinski definition) is 3. The Morgan fingerprint density at radius 2 is 2.05 bits per heavy atom. The molecule has 6 heteroatoms. The van der Waals surface area contributed by atoms with E-state index in [1.165, 1.54) is 0 Å². The fraction of sp³-hybridized carbons (Fsp3) is 0.500. The molecular formula is C16H20ClN3O2. The normalized spacial score (nSPS) is 25.3. The predicted molar refractivity (Wildman–Crippen MR) is 85.9 cm³/mol. The van der Waals surface area contributed by atoms with Crippen molar-refractivity contribution in [2.24, 2.45) is 5.92 Å². The first-order chi connectivity index (χ1) is 10.6. The van der Waals surface area contributed by atoms with Crippen LogP contribution in [0.2, 0.25) is 5.02 Å². The molecule has 0 saturated carbocycles. The van der Waals surface area contributed by atoms with E-state index in [0.717, 1.165) is 31.6 Å². The van der Waals surface area contributed by atoms with E-state index in [9.17, 15) is 9.59 Å². The molecule has 2 atom stereocenters. The van der Waals surface area contributed by atoms with Gasteiger partial charge in [-0.25, -0.2) is 0 Å². The zero-order valence-corrected chi connectivity index (χ0v) is 13.1. The number of rotatable bonds is 3. The van der Waals surface area contributed by atoms with E-state index in [2.05, 4.69) is 10.6 Å². The number of nitrogens with one attached hydrogen (secondary N) is 2. The zero-order valence-electron chi connectivity index (χ0n) is 12.3. The van der Waals surface area contributed by atoms with Gasteiger partial charge in [-0.2, -0.15) is 0 Å². The second-order valence-electron chi connectivity index (χ2n) is 5.86. The molecule has 3 rings (SSSR count). The summed E-state index contributed by atoms with van der Waals surface area (Å²) in [5, 5.41) is 6.90. The second-order valence-corrected chi connectivity index (χ2v) is 6.30. The second kappa shape index (κ2) is 6.67. The number of amides is 2. The van der Waals surface area contributed by atoms with E-state index >= 15 is 0 Å². The van der Waals surface area contributed by atoms with E-state index in [1.807, 2.05) is 12.1 Å². The number of benzene rings is 1. The Kier molecular flexibility index (Phi) is 4.64. The highest BCUT2D eigenvalue weighted by atomic mass is 35.5. The van der Waals surface area contributed by atoms with E-state index in [1.54, 1.807) is 17.0 Å². The molecule has 2 saturated heterocycles. The SMILES string of the molecule is O=C(N[C@H]1CCCNC1)C1CCN(c2ccc(Cl)cc2)C1=O. The molecule has 2 heterocycles. The summed E-state index contributed by atoms with van der Waals surface area (Å²) in [5.41, 5.74) is 0.795. The average Bonchev–Trinajstić information content (AvgIpc) is 2.91. The van der Waals surface area contributed by atoms with Crippen molar-refractivity contribution in [2.75, 3.05) is 24.5 Å². The topological polar surface area (TPSA) is 61.4 Å². The summed E-state index contributed by atoms with van der Waals surface area (Å²) < 4.78 is 0. The van der Waals surface area contributed by atoms with Crippen LogP contribution in [0.3, 0.4) is 0 Å². The Morgan fingerprint density at radius 1 is 1.27 bits per heavy atom. The lowest BCUT2D eigenvalue weighted by molar-refractivity contribution is -0.132. The Morgan fingerprint density at radius 3 is 2.73 bits per heavy atom. The number of piperidine rings is 1. The molecule has 1 aromatic rings. The highest BCUT2D eigenvalue weighted by Crippen LogP contribution is 2.26. The molecule has 0 aromatic heterocycles. The van der Waals surface area contributed by atoms with E-state index in [-0.39, 0.29) is 17.9 Å². The van der Waals surface area contributed by atoms with Gasteiger partial charge in [0.05, 0.1) is 0 Å². The van der Waals surface area contributed by atoms with Crippen molar-refractivity contribution in [1.29, 1.82) is 0 Å². The summed E-state index contributed by atoms with van der Waals surface area (Å²) in [7, 11) is 0. The van der Waals surface area contributed by atoms with Crippen molar-refractivity contribution in [3.63, 3.8) is 0 Å². The minimum atomic E-state index is -0.572. The minimum absolute atomic E-state index is 0.122. The molecule has 2 aliphatic rings. The predicted octanol–water partition coefficient (Wildman–Crippen LogP) is 1.56. The van der Waals surface area contributed by atoms with Gasteiger partial charge in [-0.05, 0) is 50.1 Å². The average molecular weight is 322 g/mol. The van der Waals surface area contributed by atoms with Crippen molar-refractivity contribution < 1.29 is 9.59 Å². The third kappa shape index (κ3) is 3.25. The fourth-order valence-electron chi connectivity index (χ4n) is 3.08. The Hall–Kier alpha value is -1.59. The monoisotopic (exact) mass is 321 g/mol. The van der Waals surface area contributed by atoms with Crippen molar-refractivity contribution >= 4 is 29.1 Å². The smallest absolute Gasteiger partial charge is 0.239 e. The number of hydrogen-bond donors (Lipinski definition) is 2. The Bertz CT molecular complexity index is 555. The molecule has 1 unspecified atom stereocenters. The van der Waals surface area contributed by atoms with E-state index in [0.29, 0.717) is 18.0 Å². The van der Waals surface area contributed by atoms with Crippen molar-refractivity contribution in [3.05, 3.63) is 29.3 Å². The summed E-state index contributed by atoms with van der Waals surface area (Å²) >= 11 is 5.87. The van der Waals surface area contributed by atoms with Crippen LogP contribution in [0.25, 0.3) is 0 Å². The number of carbonyl (C=O) groups is 2. The van der Waals surface area contributed by atoms with E-state index in [4.69, 9.17) is 11.6 Å². The van der Waals surface area contributed by atoms with Gasteiger partial charge in [-0.15, -0.1) is 0 Å². The summed E-state index contributed by atoms with van der Waals surface area (Å²) in [4.78, 5) is 26.5. The fourth-order valence-corrected chi connectivity index (χ4v) is 3.20. The van der Waals surface area contributed by atoms with Crippen LogP contribution in [0, 0.1) is 5.92 Å². The first-order valence-corrected chi connectivity index (χ1v) is 8.11. The Balaban J connectivity index is 1.62. The van der Waals surface area contributed by atoms with Crippen LogP contribution in [0.1, 0.15) is 19.3 Å². The molecule has 5 nitrogen and oxygen atoms in total. The first kappa shape index (κ1) is 15.3. The van der Waals surface area contributed by atoms with Crippen molar-refractivity contribution in [2.45, 2.75) is 25.3 Å². The minimum Gasteiger partial charge on any atom is -0.351 e. The third-order valence-corrected chi connectivity index (χ3v) is 4.56. The quantitative estimate of drug-likeness (QED) is 0.831. The van der Waals surface area contributed by atoms with Gasteiger partial charge < -0.3 is 15.5 Å². The highest BCUT2D eigenvalue weighted by molar-refractivity contribution is 6.30. The molecule has 2 aliphatic heterocycles. The summed E-state index contributed by atoms with van der Waals surface area (Å²) in [6.07, 6.45) is 2.59. The van der Waals surface area contributed by atoms with Gasteiger partial charge in [0.2, 0.25) is 11.8 Å². The van der Waals surface area contributed by atoms with Gasteiger partial charge >= 0.3 is 0 Å². The summed E-state index contributed by atoms with van der Waals surface area (Å²) in [6, 6.07) is 7.27. The van der Waals surface area contributed by atoms with Crippen LogP contribution < -0.4 is 15.5 Å². The van der Waals surface area contributed by atoms with Gasteiger partial charge in [0.15, 0.2) is 0 Å². The number of carbonyl (C=O) groups excluding carboxylic acids is 2. The number of anilines is 1. The molecule has 0 radical (unpaired) electrons. The van der Waals surface area contributed by atoms with Gasteiger partial charge in [0.25, 0.3) is 0 Å². The molecule has 118 valence electrons. The van der Waals surface area contributed by atoms with Gasteiger partial charge in [-0.1, -0.05) is 11.6 Å². The van der Waals surface area contributed by atoms with Crippen LogP contribution >= 0.6 is 11.6 Å². The maximum Gasteiger partial charge on any atom is 0.239 e. The molecule has 22 heavy (non-hydrogen) atoms. The standard InChI is InChI=1S/C16H20ClN3O2/c17-11-3-5-13(6-4-11)20-9-7-14(16(20)22)15(21)19-12-2-1-8-18-10-12/h3-6,12,14,18H,1-2,7-10H2,(H,19,21)/t12-,14?/m0/s1. The first-order valence-electron chi connectivity index (χ1n) is 7.73. The Labute approximate surface area is 135 Å². The van der Waals surface area contributed by atoms with Crippen LogP contribution in [-0.2, 0) is 9.59 Å². The summed E-state index contributed by atoms with van der Waals surface area (Å²) in [5.74, 6) is -0.837. The van der Waals surface area contributed by atoms with Crippen LogP contribution in [0.4, 0.5) is 5.69 Å². The van der Waals surface area contributed by atoms with Crippen LogP contribution in [-0.4, -0.2) is 37.5 Å². The molecular weight excluding hydrogens is 302 g/mol. The summed E-state index contributed by atoms with van der Waals surface area (Å²) in [6.45, 7) is 2.36. The van der Waals surface area contributed by atoms with Gasteiger partial charge in [-0.3, -0.25) is 9.59 Å². The van der Waals surface area contributed by atoms with E-state index < -0.39 is 5.92 Å². The number of halogens is 1.